The van der Waals surface area contributed by atoms with Gasteiger partial charge in [-0.2, -0.15) is 0 Å². The molecule has 1 amide bonds. The molecule has 0 saturated heterocycles. The summed E-state index contributed by atoms with van der Waals surface area (Å²) >= 11 is 7.42. The molecule has 0 heterocycles. The van der Waals surface area contributed by atoms with Crippen LogP contribution in [0.5, 0.6) is 5.75 Å². The summed E-state index contributed by atoms with van der Waals surface area (Å²) in [6, 6.07) is 12.8. The maximum atomic E-state index is 12.0. The average Bonchev–Trinajstić information content (AvgIpc) is 2.61. The van der Waals surface area contributed by atoms with Gasteiger partial charge in [0.25, 0.3) is 0 Å². The molecule has 0 aliphatic carbocycles. The van der Waals surface area contributed by atoms with E-state index in [1.165, 1.54) is 18.7 Å². The maximum Gasteiger partial charge on any atom is 0.230 e. The Labute approximate surface area is 163 Å². The highest BCUT2D eigenvalue weighted by molar-refractivity contribution is 7.99. The minimum atomic E-state index is -0.0457. The summed E-state index contributed by atoms with van der Waals surface area (Å²) in [6.45, 7) is 4.45. The lowest BCUT2D eigenvalue weighted by atomic mass is 10.1. The quantitative estimate of drug-likeness (QED) is 0.640. The highest BCUT2D eigenvalue weighted by atomic mass is 35.5. The van der Waals surface area contributed by atoms with Crippen LogP contribution in [0.2, 0.25) is 5.02 Å². The van der Waals surface area contributed by atoms with Gasteiger partial charge in [-0.1, -0.05) is 23.7 Å². The topological polar surface area (TPSA) is 55.4 Å². The molecule has 0 unspecified atom stereocenters. The van der Waals surface area contributed by atoms with Crippen molar-refractivity contribution in [1.29, 1.82) is 0 Å². The van der Waals surface area contributed by atoms with Crippen LogP contribution < -0.4 is 10.1 Å². The third-order valence-electron chi connectivity index (χ3n) is 3.64. The Morgan fingerprint density at radius 3 is 2.69 bits per heavy atom. The van der Waals surface area contributed by atoms with Crippen molar-refractivity contribution >= 4 is 35.1 Å². The molecule has 0 aliphatic heterocycles. The van der Waals surface area contributed by atoms with Crippen molar-refractivity contribution in [3.05, 3.63) is 64.2 Å². The van der Waals surface area contributed by atoms with Crippen molar-refractivity contribution in [1.82, 2.24) is 5.32 Å². The fourth-order valence-electron chi connectivity index (χ4n) is 2.36. The lowest BCUT2D eigenvalue weighted by Gasteiger charge is -2.11. The van der Waals surface area contributed by atoms with Gasteiger partial charge >= 0.3 is 0 Å². The summed E-state index contributed by atoms with van der Waals surface area (Å²) in [4.78, 5) is 23.6. The Morgan fingerprint density at radius 1 is 1.19 bits per heavy atom. The first-order chi connectivity index (χ1) is 12.5. The van der Waals surface area contributed by atoms with E-state index in [1.807, 2.05) is 37.3 Å². The van der Waals surface area contributed by atoms with E-state index in [4.69, 9.17) is 16.3 Å². The van der Waals surface area contributed by atoms with Crippen molar-refractivity contribution in [3.63, 3.8) is 0 Å². The highest BCUT2D eigenvalue weighted by Gasteiger charge is 2.09. The van der Waals surface area contributed by atoms with Crippen LogP contribution in [0.3, 0.4) is 0 Å². The summed E-state index contributed by atoms with van der Waals surface area (Å²) in [5, 5.41) is 3.53. The number of nitrogens with one attached hydrogen (secondary N) is 1. The zero-order valence-electron chi connectivity index (χ0n) is 14.9. The van der Waals surface area contributed by atoms with Crippen molar-refractivity contribution < 1.29 is 14.3 Å². The Hall–Kier alpha value is -1.98. The number of ketones is 1. The molecule has 26 heavy (non-hydrogen) atoms. The van der Waals surface area contributed by atoms with E-state index in [0.29, 0.717) is 35.2 Å². The van der Waals surface area contributed by atoms with Gasteiger partial charge in [0, 0.05) is 28.4 Å². The molecular formula is C20H22ClNO3S. The second kappa shape index (κ2) is 10.2. The summed E-state index contributed by atoms with van der Waals surface area (Å²) in [5.41, 5.74) is 2.53. The van der Waals surface area contributed by atoms with E-state index in [-0.39, 0.29) is 11.7 Å². The first kappa shape index (κ1) is 20.3. The number of thioether (sulfide) groups is 1. The molecular weight excluding hydrogens is 370 g/mol. The number of rotatable bonds is 9. The molecule has 0 bridgehead atoms. The van der Waals surface area contributed by atoms with Crippen LogP contribution in [-0.2, 0) is 17.1 Å². The van der Waals surface area contributed by atoms with E-state index in [2.05, 4.69) is 5.32 Å². The third kappa shape index (κ3) is 6.39. The number of amides is 1. The van der Waals surface area contributed by atoms with Crippen LogP contribution in [-0.4, -0.2) is 24.1 Å². The first-order valence-electron chi connectivity index (χ1n) is 8.35. The second-order valence-electron chi connectivity index (χ2n) is 5.71. The number of halogens is 1. The van der Waals surface area contributed by atoms with Crippen molar-refractivity contribution in [3.8, 4) is 5.75 Å². The average molecular weight is 392 g/mol. The molecule has 4 nitrogen and oxygen atoms in total. The Morgan fingerprint density at radius 2 is 2.00 bits per heavy atom. The summed E-state index contributed by atoms with van der Waals surface area (Å²) in [6.07, 6.45) is 0. The number of carbonyl (C=O) groups is 2. The molecule has 138 valence electrons. The summed E-state index contributed by atoms with van der Waals surface area (Å²) < 4.78 is 5.61. The monoisotopic (exact) mass is 391 g/mol. The van der Waals surface area contributed by atoms with Crippen LogP contribution in [0.1, 0.15) is 35.3 Å². The molecule has 1 N–H and O–H groups in total. The molecule has 0 atom stereocenters. The molecule has 2 rings (SSSR count). The zero-order chi connectivity index (χ0) is 18.9. The molecule has 0 aliphatic rings. The van der Waals surface area contributed by atoms with Crippen LogP contribution in [0.15, 0.2) is 42.5 Å². The number of Topliss-reactive ketones (excluding diaryl/α,β-unsaturated/α-hetero) is 1. The number of hydrogen-bond acceptors (Lipinski definition) is 4. The van der Waals surface area contributed by atoms with Gasteiger partial charge < -0.3 is 10.1 Å². The van der Waals surface area contributed by atoms with Gasteiger partial charge in [-0.3, -0.25) is 9.59 Å². The van der Waals surface area contributed by atoms with E-state index in [1.54, 1.807) is 12.1 Å². The minimum Gasteiger partial charge on any atom is -0.494 e. The van der Waals surface area contributed by atoms with E-state index in [9.17, 15) is 9.59 Å². The lowest BCUT2D eigenvalue weighted by Crippen LogP contribution is -2.24. The lowest BCUT2D eigenvalue weighted by molar-refractivity contribution is -0.118. The van der Waals surface area contributed by atoms with E-state index >= 15 is 0 Å². The largest absolute Gasteiger partial charge is 0.494 e. The van der Waals surface area contributed by atoms with Gasteiger partial charge in [-0.05, 0) is 49.7 Å². The van der Waals surface area contributed by atoms with E-state index < -0.39 is 0 Å². The standard InChI is InChI=1S/C20H22ClNO3S/c1-3-25-19-8-7-16(14(2)23)10-17(19)12-26-13-20(24)22-11-15-5-4-6-18(21)9-15/h4-10H,3,11-13H2,1-2H3,(H,22,24). The number of hydrogen-bond donors (Lipinski definition) is 1. The van der Waals surface area contributed by atoms with Gasteiger partial charge in [0.05, 0.1) is 12.4 Å². The maximum absolute atomic E-state index is 12.0. The molecule has 0 fully saturated rings. The number of carbonyl (C=O) groups excluding carboxylic acids is 2. The predicted molar refractivity (Wildman–Crippen MR) is 107 cm³/mol. The molecule has 2 aromatic carbocycles. The van der Waals surface area contributed by atoms with E-state index in [0.717, 1.165) is 16.9 Å². The van der Waals surface area contributed by atoms with Gasteiger partial charge in [-0.25, -0.2) is 0 Å². The molecule has 0 aromatic heterocycles. The zero-order valence-corrected chi connectivity index (χ0v) is 16.5. The Bertz CT molecular complexity index is 779. The van der Waals surface area contributed by atoms with Gasteiger partial charge in [0.1, 0.15) is 5.75 Å². The SMILES string of the molecule is CCOc1ccc(C(C)=O)cc1CSCC(=O)NCc1cccc(Cl)c1. The van der Waals surface area contributed by atoms with Gasteiger partial charge in [0.2, 0.25) is 5.91 Å². The van der Waals surface area contributed by atoms with Crippen molar-refractivity contribution in [2.45, 2.75) is 26.1 Å². The molecule has 0 radical (unpaired) electrons. The van der Waals surface area contributed by atoms with Crippen LogP contribution in [0, 0.1) is 0 Å². The second-order valence-corrected chi connectivity index (χ2v) is 7.13. The Balaban J connectivity index is 1.87. The smallest absolute Gasteiger partial charge is 0.230 e. The number of benzene rings is 2. The highest BCUT2D eigenvalue weighted by Crippen LogP contribution is 2.25. The molecule has 0 saturated carbocycles. The molecule has 0 spiro atoms. The normalized spacial score (nSPS) is 10.4. The number of ether oxygens (including phenoxy) is 1. The third-order valence-corrected chi connectivity index (χ3v) is 4.85. The van der Waals surface area contributed by atoms with Crippen LogP contribution in [0.4, 0.5) is 0 Å². The fraction of sp³-hybridized carbons (Fsp3) is 0.300. The summed E-state index contributed by atoms with van der Waals surface area (Å²) in [5.74, 6) is 1.65. The van der Waals surface area contributed by atoms with Gasteiger partial charge in [-0.15, -0.1) is 11.8 Å². The summed E-state index contributed by atoms with van der Waals surface area (Å²) in [7, 11) is 0. The minimum absolute atomic E-state index is 0.0126. The molecule has 2 aromatic rings. The predicted octanol–water partition coefficient (Wildman–Crippen LogP) is 4.49. The Kier molecular flexibility index (Phi) is 8.01. The van der Waals surface area contributed by atoms with Crippen molar-refractivity contribution in [2.75, 3.05) is 12.4 Å². The van der Waals surface area contributed by atoms with Crippen LogP contribution in [0.25, 0.3) is 0 Å². The fourth-order valence-corrected chi connectivity index (χ4v) is 3.41. The van der Waals surface area contributed by atoms with Crippen molar-refractivity contribution in [2.24, 2.45) is 0 Å². The van der Waals surface area contributed by atoms with Gasteiger partial charge in [0.15, 0.2) is 5.78 Å². The first-order valence-corrected chi connectivity index (χ1v) is 9.88. The molecule has 6 heteroatoms. The van der Waals surface area contributed by atoms with Crippen LogP contribution >= 0.6 is 23.4 Å².